The minimum atomic E-state index is -9.89. The molecule has 0 bridgehead atoms. The van der Waals surface area contributed by atoms with E-state index >= 15 is 0 Å². The quantitative estimate of drug-likeness (QED) is 0.288. The summed E-state index contributed by atoms with van der Waals surface area (Å²) in [4.78, 5) is 25.2. The predicted octanol–water partition coefficient (Wildman–Crippen LogP) is 6.50. The number of anilines is 1. The first-order valence-electron chi connectivity index (χ1n) is 12.1. The van der Waals surface area contributed by atoms with Crippen LogP contribution in [0.5, 0.6) is 0 Å². The molecule has 0 aliphatic carbocycles. The maximum atomic E-state index is 13.1. The molecular formula is C24H28F5N5O2S. The zero-order valence-electron chi connectivity index (χ0n) is 20.1. The summed E-state index contributed by atoms with van der Waals surface area (Å²) in [5, 5.41) is 0. The Kier molecular flexibility index (Phi) is 5.76. The molecule has 2 saturated heterocycles. The minimum Gasteiger partial charge on any atom is -0.398 e. The number of fused-ring (bicyclic) bond motifs is 1. The van der Waals surface area contributed by atoms with Crippen molar-refractivity contribution in [2.24, 2.45) is 0 Å². The molecule has 2 aliphatic rings. The van der Waals surface area contributed by atoms with Crippen molar-refractivity contribution in [2.45, 2.75) is 55.4 Å². The van der Waals surface area contributed by atoms with E-state index in [-0.39, 0.29) is 35.6 Å². The summed E-state index contributed by atoms with van der Waals surface area (Å²) < 4.78 is 71.1. The summed E-state index contributed by atoms with van der Waals surface area (Å²) in [6.45, 7) is 3.56. The summed E-state index contributed by atoms with van der Waals surface area (Å²) in [5.41, 5.74) is 7.33. The second-order valence-electron chi connectivity index (χ2n) is 9.89. The average Bonchev–Trinajstić information content (AvgIpc) is 3.27. The van der Waals surface area contributed by atoms with Crippen molar-refractivity contribution in [2.75, 3.05) is 25.5 Å². The van der Waals surface area contributed by atoms with Gasteiger partial charge in [-0.15, -0.1) is 0 Å². The summed E-state index contributed by atoms with van der Waals surface area (Å²) in [7, 11) is -9.89. The second-order valence-corrected chi connectivity index (χ2v) is 12.3. The van der Waals surface area contributed by atoms with Gasteiger partial charge in [0.15, 0.2) is 5.65 Å². The highest BCUT2D eigenvalue weighted by molar-refractivity contribution is 8.45. The van der Waals surface area contributed by atoms with Gasteiger partial charge >= 0.3 is 10.2 Å². The Bertz CT molecular complexity index is 1360. The number of nitrogens with two attached hydrogens (primary N) is 1. The molecule has 0 spiro atoms. The highest BCUT2D eigenvalue weighted by Crippen LogP contribution is 3.02. The lowest BCUT2D eigenvalue weighted by Gasteiger charge is -2.41. The number of aromatic amines is 1. The van der Waals surface area contributed by atoms with Gasteiger partial charge in [-0.2, -0.15) is 0 Å². The van der Waals surface area contributed by atoms with Crippen molar-refractivity contribution in [3.05, 3.63) is 47.4 Å². The van der Waals surface area contributed by atoms with Gasteiger partial charge in [0.25, 0.3) is 5.91 Å². The number of hydrogen-bond acceptors (Lipinski definition) is 5. The second kappa shape index (κ2) is 8.29. The van der Waals surface area contributed by atoms with E-state index in [2.05, 4.69) is 9.97 Å². The number of nitrogen functional groups attached to an aromatic ring is 1. The summed E-state index contributed by atoms with van der Waals surface area (Å²) in [5.74, 6) is 0.677. The molecule has 37 heavy (non-hydrogen) atoms. The number of ether oxygens (including phenoxy) is 1. The monoisotopic (exact) mass is 545 g/mol. The van der Waals surface area contributed by atoms with Crippen LogP contribution >= 0.6 is 10.2 Å². The Hall–Kier alpha value is -2.93. The molecule has 0 unspecified atom stereocenters. The Morgan fingerprint density at radius 1 is 1.11 bits per heavy atom. The Morgan fingerprint density at radius 3 is 2.49 bits per heavy atom. The normalized spacial score (nSPS) is 23.6. The van der Waals surface area contributed by atoms with Gasteiger partial charge in [0.2, 0.25) is 0 Å². The number of amides is 1. The number of carbonyl (C=O) groups excluding carboxylic acids is 1. The maximum absolute atomic E-state index is 13.1. The standard InChI is InChI=1S/C24H28F5N5O2S/c1-14-12-16(18-4-8-31-23-21(18)32-22(33-23)15-6-10-36-11-7-15)5-9-34(14)24(35)19-3-2-17(13-20(19)30)37(25,26,27,28)29/h2-4,8,13-16H,5-7,9-12,30H2,1H3,(H,31,32,33)/t14-,16-/m1/s1. The predicted molar refractivity (Wildman–Crippen MR) is 131 cm³/mol. The van der Waals surface area contributed by atoms with Crippen LogP contribution in [0.15, 0.2) is 35.4 Å². The molecule has 2 atom stereocenters. The van der Waals surface area contributed by atoms with Gasteiger partial charge in [-0.1, -0.05) is 19.4 Å². The van der Waals surface area contributed by atoms with Crippen molar-refractivity contribution in [1.82, 2.24) is 19.9 Å². The van der Waals surface area contributed by atoms with Crippen molar-refractivity contribution < 1.29 is 29.0 Å². The molecule has 2 aromatic heterocycles. The van der Waals surface area contributed by atoms with Crippen LogP contribution in [-0.2, 0) is 4.74 Å². The van der Waals surface area contributed by atoms with Gasteiger partial charge in [-0.05, 0) is 68.4 Å². The third-order valence-corrected chi connectivity index (χ3v) is 8.46. The molecule has 3 aromatic rings. The van der Waals surface area contributed by atoms with Crippen LogP contribution in [0.4, 0.5) is 25.1 Å². The molecule has 7 nitrogen and oxygen atoms in total. The third-order valence-electron chi connectivity index (χ3n) is 7.32. The van der Waals surface area contributed by atoms with Gasteiger partial charge in [0, 0.05) is 43.6 Å². The van der Waals surface area contributed by atoms with E-state index < -0.39 is 26.7 Å². The fourth-order valence-electron chi connectivity index (χ4n) is 5.33. The Balaban J connectivity index is 1.34. The molecule has 0 saturated carbocycles. The smallest absolute Gasteiger partial charge is 0.310 e. The van der Waals surface area contributed by atoms with E-state index in [0.29, 0.717) is 38.2 Å². The van der Waals surface area contributed by atoms with E-state index in [1.807, 2.05) is 13.0 Å². The largest absolute Gasteiger partial charge is 0.398 e. The molecule has 1 amide bonds. The van der Waals surface area contributed by atoms with Gasteiger partial charge in [-0.25, -0.2) is 9.97 Å². The minimum absolute atomic E-state index is 0.0863. The van der Waals surface area contributed by atoms with Gasteiger partial charge in [-0.3, -0.25) is 4.79 Å². The van der Waals surface area contributed by atoms with Crippen LogP contribution in [0.3, 0.4) is 0 Å². The number of halogens is 5. The number of nitrogens with zero attached hydrogens (tertiary/aromatic N) is 3. The number of benzene rings is 1. The Morgan fingerprint density at radius 2 is 1.84 bits per heavy atom. The molecular weight excluding hydrogens is 517 g/mol. The number of imidazole rings is 1. The molecule has 1 aromatic carbocycles. The summed E-state index contributed by atoms with van der Waals surface area (Å²) in [6, 6.07) is 2.77. The lowest BCUT2D eigenvalue weighted by atomic mass is 9.85. The summed E-state index contributed by atoms with van der Waals surface area (Å²) >= 11 is 0. The number of hydrogen-bond donors (Lipinski definition) is 2. The van der Waals surface area contributed by atoms with Crippen LogP contribution in [0, 0.1) is 0 Å². The van der Waals surface area contributed by atoms with Crippen LogP contribution < -0.4 is 5.73 Å². The maximum Gasteiger partial charge on any atom is 0.310 e. The van der Waals surface area contributed by atoms with Gasteiger partial charge < -0.3 is 20.4 Å². The van der Waals surface area contributed by atoms with E-state index in [1.165, 1.54) is 4.90 Å². The number of nitrogens with one attached hydrogen (secondary N) is 1. The number of rotatable bonds is 4. The third kappa shape index (κ3) is 5.11. The highest BCUT2D eigenvalue weighted by atomic mass is 32.5. The van der Waals surface area contributed by atoms with Gasteiger partial charge in [0.05, 0.1) is 5.56 Å². The van der Waals surface area contributed by atoms with Crippen molar-refractivity contribution in [3.8, 4) is 0 Å². The fourth-order valence-corrected chi connectivity index (χ4v) is 6.00. The number of piperidine rings is 1. The van der Waals surface area contributed by atoms with Crippen molar-refractivity contribution >= 4 is 33.0 Å². The van der Waals surface area contributed by atoms with Crippen molar-refractivity contribution in [3.63, 3.8) is 0 Å². The molecule has 3 N–H and O–H groups in total. The van der Waals surface area contributed by atoms with Crippen LogP contribution in [-0.4, -0.2) is 51.6 Å². The summed E-state index contributed by atoms with van der Waals surface area (Å²) in [6.07, 6.45) is 4.69. The molecule has 4 heterocycles. The number of aromatic nitrogens is 3. The molecule has 2 fully saturated rings. The first-order chi connectivity index (χ1) is 17.2. The number of carbonyl (C=O) groups is 1. The number of H-pyrrole nitrogens is 1. The first kappa shape index (κ1) is 25.7. The molecule has 0 radical (unpaired) electrons. The first-order valence-corrected chi connectivity index (χ1v) is 14.0. The molecule has 13 heteroatoms. The van der Waals surface area contributed by atoms with Crippen LogP contribution in [0.25, 0.3) is 11.2 Å². The van der Waals surface area contributed by atoms with Crippen LogP contribution in [0.1, 0.15) is 66.2 Å². The number of likely N-dealkylation sites (tertiary alicyclic amines) is 1. The average molecular weight is 546 g/mol. The highest BCUT2D eigenvalue weighted by Gasteiger charge is 2.65. The molecule has 2 aliphatic heterocycles. The fraction of sp³-hybridized carbons (Fsp3) is 0.458. The number of pyridine rings is 1. The van der Waals surface area contributed by atoms with Crippen LogP contribution in [0.2, 0.25) is 0 Å². The van der Waals surface area contributed by atoms with E-state index in [4.69, 9.17) is 15.5 Å². The zero-order valence-corrected chi connectivity index (χ0v) is 20.9. The van der Waals surface area contributed by atoms with Crippen molar-refractivity contribution in [1.29, 1.82) is 0 Å². The topological polar surface area (TPSA) is 97.1 Å². The van der Waals surface area contributed by atoms with Gasteiger partial charge in [0.1, 0.15) is 16.2 Å². The van der Waals surface area contributed by atoms with E-state index in [1.54, 1.807) is 6.20 Å². The van der Waals surface area contributed by atoms with E-state index in [9.17, 15) is 24.2 Å². The zero-order chi connectivity index (χ0) is 26.7. The van der Waals surface area contributed by atoms with E-state index in [0.717, 1.165) is 35.8 Å². The molecule has 5 rings (SSSR count). The molecule has 202 valence electrons. The SMILES string of the molecule is C[C@@H]1C[C@H](c2ccnc3[nH]c(C4CCOCC4)nc23)CCN1C(=O)c1ccc(S(F)(F)(F)(F)F)cc1N. The lowest BCUT2D eigenvalue weighted by molar-refractivity contribution is 0.0617. The lowest BCUT2D eigenvalue weighted by Crippen LogP contribution is -2.44. The Labute approximate surface area is 210 Å².